The third-order valence-corrected chi connectivity index (χ3v) is 4.39. The van der Waals surface area contributed by atoms with Crippen molar-refractivity contribution in [2.24, 2.45) is 4.99 Å². The summed E-state index contributed by atoms with van der Waals surface area (Å²) < 4.78 is 16.4. The van der Waals surface area contributed by atoms with E-state index in [2.05, 4.69) is 15.2 Å². The van der Waals surface area contributed by atoms with Crippen LogP contribution in [-0.2, 0) is 4.74 Å². The van der Waals surface area contributed by atoms with Crippen molar-refractivity contribution in [3.8, 4) is 11.5 Å². The normalized spacial score (nSPS) is 17.5. The molecular formula is C17H24N4O5. The van der Waals surface area contributed by atoms with Crippen molar-refractivity contribution in [2.45, 2.75) is 6.42 Å². The van der Waals surface area contributed by atoms with Crippen LogP contribution in [-0.4, -0.2) is 75.3 Å². The van der Waals surface area contributed by atoms with Crippen LogP contribution in [0.2, 0.25) is 0 Å². The highest BCUT2D eigenvalue weighted by atomic mass is 16.6. The number of nitro benzene ring substituents is 1. The lowest BCUT2D eigenvalue weighted by Crippen LogP contribution is -2.37. The first-order chi connectivity index (χ1) is 12.7. The predicted molar refractivity (Wildman–Crippen MR) is 96.4 cm³/mol. The third-order valence-electron chi connectivity index (χ3n) is 4.39. The van der Waals surface area contributed by atoms with E-state index in [1.807, 2.05) is 0 Å². The van der Waals surface area contributed by atoms with E-state index in [4.69, 9.17) is 14.2 Å². The van der Waals surface area contributed by atoms with Gasteiger partial charge in [-0.25, -0.2) is 0 Å². The molecule has 9 heteroatoms. The molecule has 1 N–H and O–H groups in total. The number of morpholine rings is 1. The minimum Gasteiger partial charge on any atom is -0.489 e. The second kappa shape index (κ2) is 8.81. The lowest BCUT2D eigenvalue weighted by molar-refractivity contribution is -0.386. The smallest absolute Gasteiger partial charge is 0.325 e. The van der Waals surface area contributed by atoms with Gasteiger partial charge < -0.3 is 19.5 Å². The molecule has 0 spiro atoms. The summed E-state index contributed by atoms with van der Waals surface area (Å²) in [4.78, 5) is 17.8. The van der Waals surface area contributed by atoms with Crippen LogP contribution in [0.5, 0.6) is 11.5 Å². The van der Waals surface area contributed by atoms with Gasteiger partial charge in [-0.3, -0.25) is 20.0 Å². The standard InChI is InChI=1S/C17H24N4O5/c1-24-16-14(26-10-2-7-20-8-11-25-12-9-20)4-3-13(15(16)21(22)23)17-18-5-6-19-17/h3-4H,2,5-12H2,1H3,(H,18,19). The Hall–Kier alpha value is -2.39. The molecule has 1 aromatic rings. The van der Waals surface area contributed by atoms with Crippen LogP contribution in [0.25, 0.3) is 0 Å². The van der Waals surface area contributed by atoms with Crippen LogP contribution in [0, 0.1) is 10.1 Å². The summed E-state index contributed by atoms with van der Waals surface area (Å²) in [6, 6.07) is 3.37. The fraction of sp³-hybridized carbons (Fsp3) is 0.588. The molecule has 0 aromatic heterocycles. The summed E-state index contributed by atoms with van der Waals surface area (Å²) in [5.41, 5.74) is 0.302. The molecule has 142 valence electrons. The van der Waals surface area contributed by atoms with Gasteiger partial charge in [-0.2, -0.15) is 0 Å². The van der Waals surface area contributed by atoms with E-state index < -0.39 is 4.92 Å². The lowest BCUT2D eigenvalue weighted by Gasteiger charge is -2.26. The lowest BCUT2D eigenvalue weighted by atomic mass is 10.1. The molecular weight excluding hydrogens is 340 g/mol. The number of methoxy groups -OCH3 is 1. The van der Waals surface area contributed by atoms with Crippen molar-refractivity contribution in [2.75, 3.05) is 59.7 Å². The second-order valence-corrected chi connectivity index (χ2v) is 6.06. The van der Waals surface area contributed by atoms with Crippen LogP contribution in [0.1, 0.15) is 12.0 Å². The molecule has 1 fully saturated rings. The molecule has 2 aliphatic rings. The van der Waals surface area contributed by atoms with Gasteiger partial charge in [0.25, 0.3) is 0 Å². The summed E-state index contributed by atoms with van der Waals surface area (Å²) in [7, 11) is 1.41. The number of nitro groups is 1. The Morgan fingerprint density at radius 2 is 2.19 bits per heavy atom. The molecule has 0 amide bonds. The number of hydrogen-bond donors (Lipinski definition) is 1. The third kappa shape index (κ3) is 4.23. The van der Waals surface area contributed by atoms with Crippen LogP contribution in [0.4, 0.5) is 5.69 Å². The van der Waals surface area contributed by atoms with Gasteiger partial charge in [-0.15, -0.1) is 0 Å². The maximum Gasteiger partial charge on any atom is 0.325 e. The van der Waals surface area contributed by atoms with Crippen LogP contribution < -0.4 is 14.8 Å². The number of nitrogens with zero attached hydrogens (tertiary/aromatic N) is 3. The number of aliphatic imine (C=N–C) groups is 1. The van der Waals surface area contributed by atoms with Crippen LogP contribution in [0.15, 0.2) is 17.1 Å². The largest absolute Gasteiger partial charge is 0.489 e. The molecule has 0 unspecified atom stereocenters. The number of amidine groups is 1. The number of ether oxygens (including phenoxy) is 3. The van der Waals surface area contributed by atoms with E-state index in [0.717, 1.165) is 39.3 Å². The van der Waals surface area contributed by atoms with Crippen molar-refractivity contribution in [3.63, 3.8) is 0 Å². The number of nitrogens with one attached hydrogen (secondary N) is 1. The SMILES string of the molecule is COc1c(OCCCN2CCOCC2)ccc(C2=NCCN2)c1[N+](=O)[O-]. The van der Waals surface area contributed by atoms with Gasteiger partial charge in [0.1, 0.15) is 5.84 Å². The van der Waals surface area contributed by atoms with Gasteiger partial charge in [-0.1, -0.05) is 0 Å². The Morgan fingerprint density at radius 1 is 1.38 bits per heavy atom. The monoisotopic (exact) mass is 364 g/mol. The maximum atomic E-state index is 11.6. The van der Waals surface area contributed by atoms with E-state index in [1.165, 1.54) is 7.11 Å². The van der Waals surface area contributed by atoms with Gasteiger partial charge in [0.2, 0.25) is 5.75 Å². The van der Waals surface area contributed by atoms with Crippen molar-refractivity contribution < 1.29 is 19.1 Å². The Labute approximate surface area is 152 Å². The first-order valence-corrected chi connectivity index (χ1v) is 8.77. The molecule has 0 aliphatic carbocycles. The van der Waals surface area contributed by atoms with Crippen molar-refractivity contribution in [3.05, 3.63) is 27.8 Å². The van der Waals surface area contributed by atoms with Gasteiger partial charge in [0.15, 0.2) is 5.75 Å². The quantitative estimate of drug-likeness (QED) is 0.418. The number of benzene rings is 1. The summed E-state index contributed by atoms with van der Waals surface area (Å²) in [5.74, 6) is 1.03. The van der Waals surface area contributed by atoms with E-state index in [1.54, 1.807) is 12.1 Å². The zero-order valence-electron chi connectivity index (χ0n) is 14.9. The number of hydrogen-bond acceptors (Lipinski definition) is 8. The fourth-order valence-corrected chi connectivity index (χ4v) is 3.11. The zero-order chi connectivity index (χ0) is 18.4. The molecule has 2 aliphatic heterocycles. The summed E-state index contributed by atoms with van der Waals surface area (Å²) in [6.07, 6.45) is 0.826. The first-order valence-electron chi connectivity index (χ1n) is 8.77. The molecule has 0 atom stereocenters. The molecule has 9 nitrogen and oxygen atoms in total. The highest BCUT2D eigenvalue weighted by molar-refractivity contribution is 6.04. The van der Waals surface area contributed by atoms with Crippen LogP contribution >= 0.6 is 0 Å². The second-order valence-electron chi connectivity index (χ2n) is 6.06. The van der Waals surface area contributed by atoms with Crippen molar-refractivity contribution in [1.82, 2.24) is 10.2 Å². The Bertz CT molecular complexity index is 673. The minimum absolute atomic E-state index is 0.119. The van der Waals surface area contributed by atoms with Gasteiger partial charge in [-0.05, 0) is 18.6 Å². The zero-order valence-corrected chi connectivity index (χ0v) is 14.9. The fourth-order valence-electron chi connectivity index (χ4n) is 3.11. The molecule has 0 radical (unpaired) electrons. The average molecular weight is 364 g/mol. The summed E-state index contributed by atoms with van der Waals surface area (Å²) >= 11 is 0. The highest BCUT2D eigenvalue weighted by Crippen LogP contribution is 2.40. The Morgan fingerprint density at radius 3 is 2.85 bits per heavy atom. The topological polar surface area (TPSA) is 98.5 Å². The average Bonchev–Trinajstić information content (AvgIpc) is 3.19. The molecule has 1 saturated heterocycles. The maximum absolute atomic E-state index is 11.6. The van der Waals surface area contributed by atoms with E-state index in [9.17, 15) is 10.1 Å². The van der Waals surface area contributed by atoms with Gasteiger partial charge >= 0.3 is 5.69 Å². The Balaban J connectivity index is 1.68. The van der Waals surface area contributed by atoms with E-state index in [0.29, 0.717) is 36.8 Å². The molecule has 0 saturated carbocycles. The highest BCUT2D eigenvalue weighted by Gasteiger charge is 2.29. The molecule has 3 rings (SSSR count). The summed E-state index contributed by atoms with van der Waals surface area (Å²) in [5, 5.41) is 14.7. The first kappa shape index (κ1) is 18.4. The van der Waals surface area contributed by atoms with E-state index >= 15 is 0 Å². The van der Waals surface area contributed by atoms with Crippen LogP contribution in [0.3, 0.4) is 0 Å². The van der Waals surface area contributed by atoms with Gasteiger partial charge in [0, 0.05) is 26.2 Å². The van der Waals surface area contributed by atoms with Crippen molar-refractivity contribution >= 4 is 11.5 Å². The summed E-state index contributed by atoms with van der Waals surface area (Å²) in [6.45, 7) is 6.04. The predicted octanol–water partition coefficient (Wildman–Crippen LogP) is 1.05. The number of rotatable bonds is 8. The Kier molecular flexibility index (Phi) is 6.24. The molecule has 0 bridgehead atoms. The van der Waals surface area contributed by atoms with Crippen molar-refractivity contribution in [1.29, 1.82) is 0 Å². The molecule has 1 aromatic carbocycles. The van der Waals surface area contributed by atoms with Gasteiger partial charge in [0.05, 0.1) is 44.0 Å². The minimum atomic E-state index is -0.447. The molecule has 2 heterocycles. The molecule has 26 heavy (non-hydrogen) atoms. The van der Waals surface area contributed by atoms with E-state index in [-0.39, 0.29) is 11.4 Å².